The van der Waals surface area contributed by atoms with Crippen molar-refractivity contribution >= 4 is 22.6 Å². The number of benzene rings is 1. The Kier molecular flexibility index (Phi) is 5.39. The third kappa shape index (κ3) is 3.69. The molecule has 0 spiro atoms. The van der Waals surface area contributed by atoms with Crippen LogP contribution in [0.2, 0.25) is 0 Å². The maximum Gasteiger partial charge on any atom is 0.198 e. The summed E-state index contributed by atoms with van der Waals surface area (Å²) in [6.07, 6.45) is 0. The zero-order chi connectivity index (χ0) is 20.7. The van der Waals surface area contributed by atoms with Crippen molar-refractivity contribution in [1.29, 1.82) is 0 Å². The standard InChI is InChI=1S/C22H29NO4/c1-12(2)17(14(4)23-26)15-10-9-13(3)16(11-15)18-19(24)21(5,6)27-22(7,8)20(18)25/h9-11,24,26H,1-8H3/b23-14-. The van der Waals surface area contributed by atoms with E-state index in [9.17, 15) is 15.1 Å². The summed E-state index contributed by atoms with van der Waals surface area (Å²) in [5, 5.41) is 23.4. The number of Topliss-reactive ketones (excluding diaryl/α,β-unsaturated/α-hetero) is 1. The molecular weight excluding hydrogens is 342 g/mol. The van der Waals surface area contributed by atoms with E-state index in [2.05, 4.69) is 5.16 Å². The molecule has 0 radical (unpaired) electrons. The van der Waals surface area contributed by atoms with E-state index in [4.69, 9.17) is 4.74 Å². The van der Waals surface area contributed by atoms with Gasteiger partial charge >= 0.3 is 0 Å². The van der Waals surface area contributed by atoms with E-state index in [1.807, 2.05) is 39.0 Å². The van der Waals surface area contributed by atoms with E-state index in [1.165, 1.54) is 0 Å². The lowest BCUT2D eigenvalue weighted by atomic mass is 9.81. The van der Waals surface area contributed by atoms with Gasteiger partial charge in [0.2, 0.25) is 0 Å². The number of aryl methyl sites for hydroxylation is 1. The number of rotatable bonds is 3. The van der Waals surface area contributed by atoms with Crippen LogP contribution in [0.15, 0.2) is 34.7 Å². The van der Waals surface area contributed by atoms with E-state index in [0.717, 1.165) is 22.3 Å². The van der Waals surface area contributed by atoms with Crippen molar-refractivity contribution in [2.24, 2.45) is 5.16 Å². The number of ketones is 1. The molecule has 0 aromatic heterocycles. The van der Waals surface area contributed by atoms with Crippen LogP contribution in [0.3, 0.4) is 0 Å². The second kappa shape index (κ2) is 6.97. The van der Waals surface area contributed by atoms with Gasteiger partial charge in [-0.05, 0) is 78.1 Å². The normalized spacial score (nSPS) is 19.3. The summed E-state index contributed by atoms with van der Waals surface area (Å²) < 4.78 is 5.83. The Balaban J connectivity index is 2.80. The molecule has 5 heteroatoms. The highest BCUT2D eigenvalue weighted by Crippen LogP contribution is 2.41. The van der Waals surface area contributed by atoms with Gasteiger partial charge in [0, 0.05) is 5.57 Å². The van der Waals surface area contributed by atoms with Crippen molar-refractivity contribution in [2.75, 3.05) is 0 Å². The number of oxime groups is 1. The van der Waals surface area contributed by atoms with E-state index in [0.29, 0.717) is 11.3 Å². The van der Waals surface area contributed by atoms with E-state index < -0.39 is 11.2 Å². The zero-order valence-corrected chi connectivity index (χ0v) is 17.4. The molecule has 0 saturated heterocycles. The van der Waals surface area contributed by atoms with Gasteiger partial charge in [-0.1, -0.05) is 22.9 Å². The van der Waals surface area contributed by atoms with Gasteiger partial charge in [-0.15, -0.1) is 0 Å². The van der Waals surface area contributed by atoms with Crippen LogP contribution in [-0.2, 0) is 9.53 Å². The lowest BCUT2D eigenvalue weighted by Crippen LogP contribution is -2.49. The Labute approximate surface area is 161 Å². The number of hydrogen-bond donors (Lipinski definition) is 2. The Morgan fingerprint density at radius 2 is 1.67 bits per heavy atom. The van der Waals surface area contributed by atoms with Gasteiger partial charge in [-0.25, -0.2) is 0 Å². The zero-order valence-electron chi connectivity index (χ0n) is 17.4. The third-order valence-corrected chi connectivity index (χ3v) is 4.90. The predicted octanol–water partition coefficient (Wildman–Crippen LogP) is 5.06. The van der Waals surface area contributed by atoms with Gasteiger partial charge in [0.1, 0.15) is 17.0 Å². The second-order valence-electron chi connectivity index (χ2n) is 8.27. The first-order chi connectivity index (χ1) is 12.3. The van der Waals surface area contributed by atoms with Gasteiger partial charge in [0.25, 0.3) is 0 Å². The number of nitrogens with zero attached hydrogens (tertiary/aromatic N) is 1. The summed E-state index contributed by atoms with van der Waals surface area (Å²) in [5.74, 6) is -0.329. The smallest absolute Gasteiger partial charge is 0.198 e. The molecule has 0 amide bonds. The van der Waals surface area contributed by atoms with Crippen molar-refractivity contribution in [2.45, 2.75) is 66.6 Å². The summed E-state index contributed by atoms with van der Waals surface area (Å²) in [6, 6.07) is 5.70. The van der Waals surface area contributed by atoms with Crippen molar-refractivity contribution in [3.63, 3.8) is 0 Å². The number of aliphatic hydroxyl groups excluding tert-OH is 1. The minimum atomic E-state index is -1.05. The van der Waals surface area contributed by atoms with Gasteiger partial charge in [-0.2, -0.15) is 0 Å². The molecule has 1 aromatic rings. The maximum absolute atomic E-state index is 13.1. The maximum atomic E-state index is 13.1. The average Bonchev–Trinajstić information content (AvgIpc) is 2.55. The van der Waals surface area contributed by atoms with E-state index >= 15 is 0 Å². The molecule has 1 aliphatic rings. The Morgan fingerprint density at radius 1 is 1.07 bits per heavy atom. The molecule has 1 aromatic carbocycles. The summed E-state index contributed by atoms with van der Waals surface area (Å²) in [4.78, 5) is 13.1. The molecule has 0 fully saturated rings. The molecule has 1 aliphatic heterocycles. The number of hydrogen-bond acceptors (Lipinski definition) is 5. The van der Waals surface area contributed by atoms with E-state index in [1.54, 1.807) is 34.6 Å². The topological polar surface area (TPSA) is 79.1 Å². The SMILES string of the molecule is CC(C)=C(/C(C)=N\O)c1ccc(C)c(C2=C(O)C(C)(C)OC(C)(C)C2=O)c1. The van der Waals surface area contributed by atoms with Crippen molar-refractivity contribution in [1.82, 2.24) is 0 Å². The number of ether oxygens (including phenoxy) is 1. The largest absolute Gasteiger partial charge is 0.508 e. The van der Waals surface area contributed by atoms with Crippen molar-refractivity contribution < 1.29 is 19.8 Å². The summed E-state index contributed by atoms with van der Waals surface area (Å²) >= 11 is 0. The second-order valence-corrected chi connectivity index (χ2v) is 8.27. The Hall–Kier alpha value is -2.40. The molecule has 2 N–H and O–H groups in total. The van der Waals surface area contributed by atoms with Gasteiger partial charge in [-0.3, -0.25) is 4.79 Å². The number of allylic oxidation sites excluding steroid dienone is 2. The van der Waals surface area contributed by atoms with Crippen LogP contribution in [0.1, 0.15) is 65.2 Å². The van der Waals surface area contributed by atoms with Gasteiger partial charge < -0.3 is 15.1 Å². The van der Waals surface area contributed by atoms with Crippen LogP contribution in [0.25, 0.3) is 11.1 Å². The highest BCUT2D eigenvalue weighted by molar-refractivity contribution is 6.27. The van der Waals surface area contributed by atoms with Crippen LogP contribution in [-0.4, -0.2) is 33.0 Å². The summed E-state index contributed by atoms with van der Waals surface area (Å²) in [5.41, 5.74) is 2.88. The van der Waals surface area contributed by atoms with Crippen LogP contribution >= 0.6 is 0 Å². The fourth-order valence-electron chi connectivity index (χ4n) is 3.65. The first-order valence-corrected chi connectivity index (χ1v) is 9.00. The lowest BCUT2D eigenvalue weighted by molar-refractivity contribution is -0.158. The summed E-state index contributed by atoms with van der Waals surface area (Å²) in [7, 11) is 0. The van der Waals surface area contributed by atoms with Crippen molar-refractivity contribution in [3.8, 4) is 0 Å². The first kappa shape index (κ1) is 20.9. The fraction of sp³-hybridized carbons (Fsp3) is 0.455. The van der Waals surface area contributed by atoms with Crippen LogP contribution in [0.4, 0.5) is 0 Å². The molecule has 0 bridgehead atoms. The first-order valence-electron chi connectivity index (χ1n) is 9.00. The number of aliphatic hydroxyl groups is 1. The average molecular weight is 371 g/mol. The molecule has 1 heterocycles. The van der Waals surface area contributed by atoms with Gasteiger partial charge in [0.05, 0.1) is 11.3 Å². The number of carbonyl (C=O) groups is 1. The molecule has 5 nitrogen and oxygen atoms in total. The number of carbonyl (C=O) groups excluding carboxylic acids is 1. The molecular formula is C22H29NO4. The minimum absolute atomic E-state index is 0.0710. The predicted molar refractivity (Wildman–Crippen MR) is 108 cm³/mol. The molecule has 0 aliphatic carbocycles. The van der Waals surface area contributed by atoms with Crippen LogP contribution < -0.4 is 0 Å². The Bertz CT molecular complexity index is 882. The monoisotopic (exact) mass is 371 g/mol. The van der Waals surface area contributed by atoms with Crippen molar-refractivity contribution in [3.05, 3.63) is 46.2 Å². The van der Waals surface area contributed by atoms with E-state index in [-0.39, 0.29) is 17.1 Å². The molecule has 27 heavy (non-hydrogen) atoms. The highest BCUT2D eigenvalue weighted by Gasteiger charge is 2.47. The van der Waals surface area contributed by atoms with Gasteiger partial charge in [0.15, 0.2) is 5.78 Å². The third-order valence-electron chi connectivity index (χ3n) is 4.90. The highest BCUT2D eigenvalue weighted by atomic mass is 16.5. The molecule has 0 saturated carbocycles. The quantitative estimate of drug-likeness (QED) is 0.442. The fourth-order valence-corrected chi connectivity index (χ4v) is 3.65. The van der Waals surface area contributed by atoms with Crippen LogP contribution in [0, 0.1) is 6.92 Å². The Morgan fingerprint density at radius 3 is 2.19 bits per heavy atom. The van der Waals surface area contributed by atoms with Crippen LogP contribution in [0.5, 0.6) is 0 Å². The molecule has 146 valence electrons. The molecule has 0 unspecified atom stereocenters. The molecule has 2 rings (SSSR count). The lowest BCUT2D eigenvalue weighted by Gasteiger charge is -2.40. The summed E-state index contributed by atoms with van der Waals surface area (Å²) in [6.45, 7) is 14.4. The molecule has 0 atom stereocenters. The minimum Gasteiger partial charge on any atom is -0.508 e.